The number of halogens is 2. The van der Waals surface area contributed by atoms with Crippen LogP contribution in [-0.4, -0.2) is 13.6 Å². The molecule has 2 nitrogen and oxygen atoms in total. The summed E-state index contributed by atoms with van der Waals surface area (Å²) in [5.74, 6) is 0. The number of fused-ring (bicyclic) bond motifs is 1. The molecule has 0 atom stereocenters. The Hall–Kier alpha value is -1.19. The SMILES string of the molecule is CN1CCCc2cc(CNc3ccc(Br)c(Cl)c3)ccc21. The highest BCUT2D eigenvalue weighted by Gasteiger charge is 2.13. The van der Waals surface area contributed by atoms with Gasteiger partial charge in [0.15, 0.2) is 0 Å². The van der Waals surface area contributed by atoms with E-state index < -0.39 is 0 Å². The molecule has 0 fully saturated rings. The summed E-state index contributed by atoms with van der Waals surface area (Å²) in [7, 11) is 2.17. The van der Waals surface area contributed by atoms with Gasteiger partial charge in [0, 0.05) is 36.0 Å². The van der Waals surface area contributed by atoms with Gasteiger partial charge in [0.1, 0.15) is 0 Å². The predicted molar refractivity (Wildman–Crippen MR) is 94.5 cm³/mol. The van der Waals surface area contributed by atoms with Crippen molar-refractivity contribution >= 4 is 38.9 Å². The predicted octanol–water partition coefficient (Wildman–Crippen LogP) is 5.10. The van der Waals surface area contributed by atoms with Gasteiger partial charge in [-0.2, -0.15) is 0 Å². The number of rotatable bonds is 3. The van der Waals surface area contributed by atoms with E-state index in [4.69, 9.17) is 11.6 Å². The molecule has 0 unspecified atom stereocenters. The lowest BCUT2D eigenvalue weighted by Crippen LogP contribution is -2.24. The third-order valence-electron chi connectivity index (χ3n) is 3.91. The van der Waals surface area contributed by atoms with E-state index in [1.165, 1.54) is 29.7 Å². The number of hydrogen-bond acceptors (Lipinski definition) is 2. The highest BCUT2D eigenvalue weighted by Crippen LogP contribution is 2.28. The fourth-order valence-electron chi connectivity index (χ4n) is 2.76. The van der Waals surface area contributed by atoms with Gasteiger partial charge in [-0.3, -0.25) is 0 Å². The minimum atomic E-state index is 0.729. The van der Waals surface area contributed by atoms with Crippen molar-refractivity contribution in [1.29, 1.82) is 0 Å². The van der Waals surface area contributed by atoms with E-state index in [0.29, 0.717) is 0 Å². The smallest absolute Gasteiger partial charge is 0.0568 e. The molecule has 1 heterocycles. The summed E-state index contributed by atoms with van der Waals surface area (Å²) in [6, 6.07) is 12.7. The highest BCUT2D eigenvalue weighted by atomic mass is 79.9. The van der Waals surface area contributed by atoms with Crippen LogP contribution in [0.15, 0.2) is 40.9 Å². The third-order valence-corrected chi connectivity index (χ3v) is 5.14. The van der Waals surface area contributed by atoms with Crippen LogP contribution in [0, 0.1) is 0 Å². The number of aryl methyl sites for hydroxylation is 1. The van der Waals surface area contributed by atoms with Crippen LogP contribution in [-0.2, 0) is 13.0 Å². The Morgan fingerprint density at radius 2 is 2.10 bits per heavy atom. The van der Waals surface area contributed by atoms with Crippen LogP contribution in [0.1, 0.15) is 17.5 Å². The molecule has 0 aliphatic carbocycles. The standard InChI is InChI=1S/C17H18BrClN2/c1-21-8-2-3-13-9-12(4-7-17(13)21)11-20-14-5-6-15(18)16(19)10-14/h4-7,9-10,20H,2-3,8,11H2,1H3. The number of nitrogens with one attached hydrogen (secondary N) is 1. The second kappa shape index (κ2) is 6.29. The van der Waals surface area contributed by atoms with Gasteiger partial charge in [-0.15, -0.1) is 0 Å². The zero-order valence-corrected chi connectivity index (χ0v) is 14.3. The fraction of sp³-hybridized carbons (Fsp3) is 0.294. The van der Waals surface area contributed by atoms with Crippen LogP contribution in [0.4, 0.5) is 11.4 Å². The van der Waals surface area contributed by atoms with Gasteiger partial charge < -0.3 is 10.2 Å². The minimum absolute atomic E-state index is 0.729. The molecule has 0 radical (unpaired) electrons. The maximum atomic E-state index is 6.11. The zero-order chi connectivity index (χ0) is 14.8. The Morgan fingerprint density at radius 3 is 2.90 bits per heavy atom. The zero-order valence-electron chi connectivity index (χ0n) is 12.0. The van der Waals surface area contributed by atoms with E-state index in [0.717, 1.165) is 28.3 Å². The van der Waals surface area contributed by atoms with Crippen molar-refractivity contribution in [2.45, 2.75) is 19.4 Å². The molecule has 4 heteroatoms. The van der Waals surface area contributed by atoms with Gasteiger partial charge in [-0.05, 0) is 64.2 Å². The van der Waals surface area contributed by atoms with Crippen LogP contribution < -0.4 is 10.2 Å². The summed E-state index contributed by atoms with van der Waals surface area (Å²) < 4.78 is 0.923. The van der Waals surface area contributed by atoms with Crippen molar-refractivity contribution in [1.82, 2.24) is 0 Å². The molecule has 0 saturated heterocycles. The van der Waals surface area contributed by atoms with Crippen LogP contribution in [0.2, 0.25) is 5.02 Å². The van der Waals surface area contributed by atoms with Gasteiger partial charge in [0.05, 0.1) is 5.02 Å². The molecule has 1 N–H and O–H groups in total. The molecule has 0 saturated carbocycles. The van der Waals surface area contributed by atoms with E-state index in [2.05, 4.69) is 51.4 Å². The molecule has 110 valence electrons. The van der Waals surface area contributed by atoms with Gasteiger partial charge in [-0.1, -0.05) is 23.7 Å². The average Bonchev–Trinajstić information content (AvgIpc) is 2.49. The molecule has 21 heavy (non-hydrogen) atoms. The molecule has 0 aromatic heterocycles. The van der Waals surface area contributed by atoms with Crippen LogP contribution >= 0.6 is 27.5 Å². The Kier molecular flexibility index (Phi) is 4.41. The van der Waals surface area contributed by atoms with E-state index in [-0.39, 0.29) is 0 Å². The van der Waals surface area contributed by atoms with Crippen LogP contribution in [0.25, 0.3) is 0 Å². The van der Waals surface area contributed by atoms with Crippen molar-refractivity contribution in [3.05, 3.63) is 57.0 Å². The molecule has 3 rings (SSSR count). The lowest BCUT2D eigenvalue weighted by atomic mass is 9.99. The first-order valence-corrected chi connectivity index (χ1v) is 8.32. The van der Waals surface area contributed by atoms with Crippen molar-refractivity contribution in [2.24, 2.45) is 0 Å². The molecular formula is C17H18BrClN2. The lowest BCUT2D eigenvalue weighted by Gasteiger charge is -2.27. The van der Waals surface area contributed by atoms with E-state index in [1.807, 2.05) is 18.2 Å². The number of nitrogens with zero attached hydrogens (tertiary/aromatic N) is 1. The molecular weight excluding hydrogens is 348 g/mol. The second-order valence-corrected chi connectivity index (χ2v) is 6.73. The minimum Gasteiger partial charge on any atom is -0.381 e. The molecule has 2 aromatic carbocycles. The Balaban J connectivity index is 1.72. The fourth-order valence-corrected chi connectivity index (χ4v) is 3.19. The highest BCUT2D eigenvalue weighted by molar-refractivity contribution is 9.10. The normalized spacial score (nSPS) is 14.0. The summed E-state index contributed by atoms with van der Waals surface area (Å²) in [5, 5.41) is 4.16. The number of benzene rings is 2. The number of anilines is 2. The quantitative estimate of drug-likeness (QED) is 0.814. The molecule has 0 amide bonds. The van der Waals surface area contributed by atoms with Crippen molar-refractivity contribution in [3.8, 4) is 0 Å². The van der Waals surface area contributed by atoms with Crippen molar-refractivity contribution < 1.29 is 0 Å². The Morgan fingerprint density at radius 1 is 1.24 bits per heavy atom. The summed E-state index contributed by atoms with van der Waals surface area (Å²) in [6.07, 6.45) is 2.42. The Bertz CT molecular complexity index is 657. The summed E-state index contributed by atoms with van der Waals surface area (Å²) >= 11 is 9.52. The van der Waals surface area contributed by atoms with Gasteiger partial charge in [0.25, 0.3) is 0 Å². The largest absolute Gasteiger partial charge is 0.381 e. The van der Waals surface area contributed by atoms with Gasteiger partial charge in [0.2, 0.25) is 0 Å². The van der Waals surface area contributed by atoms with Crippen molar-refractivity contribution in [3.63, 3.8) is 0 Å². The lowest BCUT2D eigenvalue weighted by molar-refractivity contribution is 0.743. The number of hydrogen-bond donors (Lipinski definition) is 1. The maximum Gasteiger partial charge on any atom is 0.0568 e. The summed E-state index contributed by atoms with van der Waals surface area (Å²) in [4.78, 5) is 2.34. The molecule has 2 aromatic rings. The van der Waals surface area contributed by atoms with E-state index in [9.17, 15) is 0 Å². The first-order valence-electron chi connectivity index (χ1n) is 7.15. The van der Waals surface area contributed by atoms with Crippen LogP contribution in [0.3, 0.4) is 0 Å². The van der Waals surface area contributed by atoms with E-state index >= 15 is 0 Å². The maximum absolute atomic E-state index is 6.11. The monoisotopic (exact) mass is 364 g/mol. The van der Waals surface area contributed by atoms with Crippen LogP contribution in [0.5, 0.6) is 0 Å². The molecule has 0 bridgehead atoms. The average molecular weight is 366 g/mol. The second-order valence-electron chi connectivity index (χ2n) is 5.47. The third kappa shape index (κ3) is 3.35. The van der Waals surface area contributed by atoms with E-state index in [1.54, 1.807) is 0 Å². The topological polar surface area (TPSA) is 15.3 Å². The molecule has 1 aliphatic rings. The Labute approximate surface area is 139 Å². The molecule has 0 spiro atoms. The van der Waals surface area contributed by atoms with Crippen molar-refractivity contribution in [2.75, 3.05) is 23.8 Å². The summed E-state index contributed by atoms with van der Waals surface area (Å²) in [5.41, 5.74) is 5.18. The first kappa shape index (κ1) is 14.7. The first-order chi connectivity index (χ1) is 10.1. The molecule has 1 aliphatic heterocycles. The van der Waals surface area contributed by atoms with Gasteiger partial charge in [-0.25, -0.2) is 0 Å². The summed E-state index contributed by atoms with van der Waals surface area (Å²) in [6.45, 7) is 1.97. The van der Waals surface area contributed by atoms with Gasteiger partial charge >= 0.3 is 0 Å².